The Kier molecular flexibility index (Phi) is 10.1. The molecule has 0 atom stereocenters. The smallest absolute Gasteiger partial charge is 0.0540 e. The molecule has 0 unspecified atom stereocenters. The fraction of sp³-hybridized carbons (Fsp3) is 1.00. The van der Waals surface area contributed by atoms with Gasteiger partial charge >= 0.3 is 0 Å². The molecule has 0 aromatic rings. The lowest BCUT2D eigenvalue weighted by molar-refractivity contribution is 0.149. The molecule has 0 aromatic heterocycles. The molecule has 1 nitrogen and oxygen atoms in total. The van der Waals surface area contributed by atoms with Gasteiger partial charge in [0.15, 0.2) is 0 Å². The first-order valence-electron chi connectivity index (χ1n) is 4.61. The molecule has 12 heavy (non-hydrogen) atoms. The molecule has 0 radical (unpaired) electrons. The molecule has 1 N–H and O–H groups in total. The molecule has 0 rings (SSSR count). The van der Waals surface area contributed by atoms with Gasteiger partial charge in [-0.2, -0.15) is 0 Å². The highest BCUT2D eigenvalue weighted by Crippen LogP contribution is 2.09. The monoisotopic (exact) mass is 212 g/mol. The van der Waals surface area contributed by atoms with E-state index in [4.69, 9.17) is 23.2 Å². The minimum absolute atomic E-state index is 0.142. The van der Waals surface area contributed by atoms with Crippen molar-refractivity contribution in [1.29, 1.82) is 0 Å². The van der Waals surface area contributed by atoms with E-state index in [1.54, 1.807) is 0 Å². The summed E-state index contributed by atoms with van der Waals surface area (Å²) in [7, 11) is 0. The van der Waals surface area contributed by atoms with E-state index in [2.05, 4.69) is 0 Å². The first kappa shape index (κ1) is 12.5. The molecule has 0 aliphatic rings. The SMILES string of the molecule is OC(CCCCCl)CCCCCl. The molecule has 3 heteroatoms. The molecule has 0 aliphatic carbocycles. The molecule has 0 saturated carbocycles. The first-order chi connectivity index (χ1) is 5.81. The molecule has 0 heterocycles. The van der Waals surface area contributed by atoms with E-state index >= 15 is 0 Å². The van der Waals surface area contributed by atoms with Crippen LogP contribution in [0.2, 0.25) is 0 Å². The van der Waals surface area contributed by atoms with Gasteiger partial charge in [0.25, 0.3) is 0 Å². The highest BCUT2D eigenvalue weighted by Gasteiger charge is 2.02. The van der Waals surface area contributed by atoms with Gasteiger partial charge in [-0.3, -0.25) is 0 Å². The van der Waals surface area contributed by atoms with E-state index in [1.807, 2.05) is 0 Å². The number of unbranched alkanes of at least 4 members (excludes halogenated alkanes) is 2. The van der Waals surface area contributed by atoms with Gasteiger partial charge in [0.1, 0.15) is 0 Å². The number of alkyl halides is 2. The maximum Gasteiger partial charge on any atom is 0.0540 e. The van der Waals surface area contributed by atoms with Crippen LogP contribution < -0.4 is 0 Å². The summed E-state index contributed by atoms with van der Waals surface area (Å²) in [5.41, 5.74) is 0. The fourth-order valence-electron chi connectivity index (χ4n) is 1.09. The third kappa shape index (κ3) is 8.63. The van der Waals surface area contributed by atoms with Gasteiger partial charge in [0, 0.05) is 11.8 Å². The van der Waals surface area contributed by atoms with Crippen molar-refractivity contribution in [1.82, 2.24) is 0 Å². The summed E-state index contributed by atoms with van der Waals surface area (Å²) in [6, 6.07) is 0. The Hall–Kier alpha value is 0.540. The quantitative estimate of drug-likeness (QED) is 0.485. The van der Waals surface area contributed by atoms with E-state index in [-0.39, 0.29) is 6.10 Å². The largest absolute Gasteiger partial charge is 0.393 e. The second-order valence-electron chi connectivity index (χ2n) is 3.02. The van der Waals surface area contributed by atoms with E-state index < -0.39 is 0 Å². The van der Waals surface area contributed by atoms with Crippen LogP contribution in [0.4, 0.5) is 0 Å². The minimum atomic E-state index is -0.142. The molecule has 0 aliphatic heterocycles. The average Bonchev–Trinajstić information content (AvgIpc) is 2.06. The third-order valence-electron chi connectivity index (χ3n) is 1.84. The summed E-state index contributed by atoms with van der Waals surface area (Å²) in [4.78, 5) is 0. The summed E-state index contributed by atoms with van der Waals surface area (Å²) in [6.45, 7) is 0. The van der Waals surface area contributed by atoms with Gasteiger partial charge in [-0.15, -0.1) is 23.2 Å². The third-order valence-corrected chi connectivity index (χ3v) is 2.38. The summed E-state index contributed by atoms with van der Waals surface area (Å²) >= 11 is 11.0. The number of hydrogen-bond acceptors (Lipinski definition) is 1. The Morgan fingerprint density at radius 1 is 0.833 bits per heavy atom. The fourth-order valence-corrected chi connectivity index (χ4v) is 1.47. The molecule has 0 spiro atoms. The van der Waals surface area contributed by atoms with E-state index in [0.717, 1.165) is 38.5 Å². The average molecular weight is 213 g/mol. The zero-order chi connectivity index (χ0) is 9.23. The minimum Gasteiger partial charge on any atom is -0.393 e. The van der Waals surface area contributed by atoms with Crippen molar-refractivity contribution in [2.24, 2.45) is 0 Å². The van der Waals surface area contributed by atoms with Crippen LogP contribution in [0, 0.1) is 0 Å². The number of hydrogen-bond donors (Lipinski definition) is 1. The molecular weight excluding hydrogens is 195 g/mol. The van der Waals surface area contributed by atoms with Crippen molar-refractivity contribution in [2.75, 3.05) is 11.8 Å². The molecule has 0 fully saturated rings. The van der Waals surface area contributed by atoms with Crippen LogP contribution in [-0.2, 0) is 0 Å². The zero-order valence-electron chi connectivity index (χ0n) is 7.44. The second-order valence-corrected chi connectivity index (χ2v) is 3.78. The predicted octanol–water partition coefficient (Wildman–Crippen LogP) is 3.17. The number of halogens is 2. The van der Waals surface area contributed by atoms with E-state index in [1.165, 1.54) is 0 Å². The standard InChI is InChI=1S/C9H18Cl2O/c10-7-3-1-5-9(12)6-2-4-8-11/h9,12H,1-8H2. The molecule has 0 aromatic carbocycles. The van der Waals surface area contributed by atoms with Crippen LogP contribution in [0.5, 0.6) is 0 Å². The van der Waals surface area contributed by atoms with Crippen molar-refractivity contribution >= 4 is 23.2 Å². The molecule has 0 bridgehead atoms. The van der Waals surface area contributed by atoms with Gasteiger partial charge < -0.3 is 5.11 Å². The maximum absolute atomic E-state index is 9.42. The normalized spacial score (nSPS) is 11.0. The van der Waals surface area contributed by atoms with Crippen molar-refractivity contribution in [3.8, 4) is 0 Å². The van der Waals surface area contributed by atoms with Gasteiger partial charge in [0.2, 0.25) is 0 Å². The Balaban J connectivity index is 3.04. The van der Waals surface area contributed by atoms with Crippen LogP contribution in [0.25, 0.3) is 0 Å². The Morgan fingerprint density at radius 2 is 1.25 bits per heavy atom. The van der Waals surface area contributed by atoms with Gasteiger partial charge in [-0.1, -0.05) is 0 Å². The van der Waals surface area contributed by atoms with Gasteiger partial charge in [0.05, 0.1) is 6.10 Å². The van der Waals surface area contributed by atoms with Gasteiger partial charge in [-0.25, -0.2) is 0 Å². The molecule has 0 saturated heterocycles. The van der Waals surface area contributed by atoms with Crippen molar-refractivity contribution < 1.29 is 5.11 Å². The molecule has 74 valence electrons. The topological polar surface area (TPSA) is 20.2 Å². The Morgan fingerprint density at radius 3 is 1.58 bits per heavy atom. The lowest BCUT2D eigenvalue weighted by atomic mass is 10.1. The highest BCUT2D eigenvalue weighted by atomic mass is 35.5. The molecule has 0 amide bonds. The second kappa shape index (κ2) is 9.63. The summed E-state index contributed by atoms with van der Waals surface area (Å²) in [5.74, 6) is 1.41. The molecular formula is C9H18Cl2O. The summed E-state index contributed by atoms with van der Waals surface area (Å²) in [6.07, 6.45) is 5.71. The highest BCUT2D eigenvalue weighted by molar-refractivity contribution is 6.18. The predicted molar refractivity (Wildman–Crippen MR) is 55.1 cm³/mol. The van der Waals surface area contributed by atoms with E-state index in [0.29, 0.717) is 11.8 Å². The van der Waals surface area contributed by atoms with Crippen molar-refractivity contribution in [3.63, 3.8) is 0 Å². The Bertz CT molecular complexity index is 78.6. The lowest BCUT2D eigenvalue weighted by Crippen LogP contribution is -2.06. The van der Waals surface area contributed by atoms with Crippen LogP contribution in [0.3, 0.4) is 0 Å². The Labute approximate surface area is 85.1 Å². The van der Waals surface area contributed by atoms with Crippen LogP contribution in [-0.4, -0.2) is 23.0 Å². The van der Waals surface area contributed by atoms with Crippen molar-refractivity contribution in [3.05, 3.63) is 0 Å². The summed E-state index contributed by atoms with van der Waals surface area (Å²) < 4.78 is 0. The van der Waals surface area contributed by atoms with E-state index in [9.17, 15) is 5.11 Å². The number of aliphatic hydroxyl groups is 1. The lowest BCUT2D eigenvalue weighted by Gasteiger charge is -2.08. The summed E-state index contributed by atoms with van der Waals surface area (Å²) in [5, 5.41) is 9.42. The first-order valence-corrected chi connectivity index (χ1v) is 5.68. The van der Waals surface area contributed by atoms with Gasteiger partial charge in [-0.05, 0) is 38.5 Å². The number of aliphatic hydroxyl groups excluding tert-OH is 1. The van der Waals surface area contributed by atoms with Crippen molar-refractivity contribution in [2.45, 2.75) is 44.6 Å². The zero-order valence-corrected chi connectivity index (χ0v) is 8.95. The maximum atomic E-state index is 9.42. The number of rotatable bonds is 8. The van der Waals surface area contributed by atoms with Crippen LogP contribution >= 0.6 is 23.2 Å². The van der Waals surface area contributed by atoms with Crippen LogP contribution in [0.15, 0.2) is 0 Å². The van der Waals surface area contributed by atoms with Crippen LogP contribution in [0.1, 0.15) is 38.5 Å².